The lowest BCUT2D eigenvalue weighted by Crippen LogP contribution is -2.16. The number of benzene rings is 3. The molecule has 0 atom stereocenters. The largest absolute Gasteiger partial charge is 0.334 e. The van der Waals surface area contributed by atoms with E-state index in [9.17, 15) is 9.18 Å². The first kappa shape index (κ1) is 21.3. The highest BCUT2D eigenvalue weighted by atomic mass is 19.1. The lowest BCUT2D eigenvalue weighted by atomic mass is 10.1. The number of hydrogen-bond donors (Lipinski definition) is 1. The Kier molecular flexibility index (Phi) is 5.70. The fraction of sp³-hybridized carbons (Fsp3) is 0.0769. The molecule has 0 fully saturated rings. The quantitative estimate of drug-likeness (QED) is 0.375. The van der Waals surface area contributed by atoms with Crippen LogP contribution in [0, 0.1) is 12.7 Å². The molecule has 8 heteroatoms. The lowest BCUT2D eigenvalue weighted by molar-refractivity contribution is 0.102. The molecule has 0 aliphatic heterocycles. The Balaban J connectivity index is 1.45. The minimum Gasteiger partial charge on any atom is -0.334 e. The van der Waals surface area contributed by atoms with Crippen molar-refractivity contribution < 1.29 is 13.7 Å². The first-order chi connectivity index (χ1) is 16.6. The number of anilines is 1. The van der Waals surface area contributed by atoms with Crippen LogP contribution >= 0.6 is 0 Å². The Morgan fingerprint density at radius 2 is 1.68 bits per heavy atom. The number of hydrogen-bond acceptors (Lipinski definition) is 5. The molecular weight excluding hydrogens is 433 g/mol. The van der Waals surface area contributed by atoms with Gasteiger partial charge < -0.3 is 14.4 Å². The van der Waals surface area contributed by atoms with Gasteiger partial charge in [0.1, 0.15) is 17.3 Å². The highest BCUT2D eigenvalue weighted by Crippen LogP contribution is 2.28. The van der Waals surface area contributed by atoms with Crippen molar-refractivity contribution in [2.45, 2.75) is 13.5 Å². The number of amides is 1. The maximum atomic E-state index is 13.5. The van der Waals surface area contributed by atoms with Gasteiger partial charge in [0, 0.05) is 16.7 Å². The summed E-state index contributed by atoms with van der Waals surface area (Å²) >= 11 is 0. The molecule has 168 valence electrons. The smallest absolute Gasteiger partial charge is 0.257 e. The van der Waals surface area contributed by atoms with Gasteiger partial charge in [-0.25, -0.2) is 9.37 Å². The van der Waals surface area contributed by atoms with Crippen molar-refractivity contribution >= 4 is 11.7 Å². The maximum absolute atomic E-state index is 13.5. The standard InChI is InChI=1S/C26H20FN5O2/c1-17-29-26(34-31-17)21-9-7-20(8-10-21)25(33)30-24-23(19-11-13-22(27)14-12-19)28-16-32(24)15-18-5-3-2-4-6-18/h2-14,16H,15H2,1H3,(H,30,33). The third-order valence-electron chi connectivity index (χ3n) is 5.30. The van der Waals surface area contributed by atoms with Crippen molar-refractivity contribution in [1.29, 1.82) is 0 Å². The van der Waals surface area contributed by atoms with Crippen LogP contribution in [-0.2, 0) is 6.54 Å². The predicted octanol–water partition coefficient (Wildman–Crippen LogP) is 5.35. The molecule has 34 heavy (non-hydrogen) atoms. The molecule has 3 aromatic carbocycles. The van der Waals surface area contributed by atoms with E-state index < -0.39 is 0 Å². The van der Waals surface area contributed by atoms with Crippen molar-refractivity contribution in [1.82, 2.24) is 19.7 Å². The molecule has 0 aliphatic rings. The number of nitrogens with one attached hydrogen (secondary N) is 1. The number of halogens is 1. The molecule has 1 amide bonds. The highest BCUT2D eigenvalue weighted by Gasteiger charge is 2.18. The van der Waals surface area contributed by atoms with Gasteiger partial charge in [0.2, 0.25) is 0 Å². The molecular formula is C26H20FN5O2. The topological polar surface area (TPSA) is 85.8 Å². The van der Waals surface area contributed by atoms with Gasteiger partial charge in [0.05, 0.1) is 12.9 Å². The van der Waals surface area contributed by atoms with Crippen LogP contribution < -0.4 is 5.32 Å². The Bertz CT molecular complexity index is 1420. The monoisotopic (exact) mass is 453 g/mol. The van der Waals surface area contributed by atoms with Gasteiger partial charge in [-0.3, -0.25) is 4.79 Å². The number of nitrogens with zero attached hydrogens (tertiary/aromatic N) is 4. The fourth-order valence-electron chi connectivity index (χ4n) is 3.59. The van der Waals surface area contributed by atoms with Gasteiger partial charge in [-0.2, -0.15) is 4.98 Å². The molecule has 1 N–H and O–H groups in total. The fourth-order valence-corrected chi connectivity index (χ4v) is 3.59. The van der Waals surface area contributed by atoms with Gasteiger partial charge in [-0.05, 0) is 61.0 Å². The third-order valence-corrected chi connectivity index (χ3v) is 5.30. The SMILES string of the molecule is Cc1noc(-c2ccc(C(=O)Nc3c(-c4ccc(F)cc4)ncn3Cc3ccccc3)cc2)n1. The molecule has 0 unspecified atom stereocenters. The number of carbonyl (C=O) groups excluding carboxylic acids is 1. The summed E-state index contributed by atoms with van der Waals surface area (Å²) in [7, 11) is 0. The van der Waals surface area contributed by atoms with E-state index in [1.807, 2.05) is 34.9 Å². The summed E-state index contributed by atoms with van der Waals surface area (Å²) in [4.78, 5) is 21.9. The molecule has 0 aliphatic carbocycles. The zero-order valence-corrected chi connectivity index (χ0v) is 18.3. The zero-order chi connectivity index (χ0) is 23.5. The third kappa shape index (κ3) is 4.47. The minimum atomic E-state index is -0.338. The number of rotatable bonds is 6. The van der Waals surface area contributed by atoms with Crippen LogP contribution in [0.5, 0.6) is 0 Å². The second-order valence-corrected chi connectivity index (χ2v) is 7.74. The molecule has 0 radical (unpaired) electrons. The molecule has 7 nitrogen and oxygen atoms in total. The van der Waals surface area contributed by atoms with Crippen LogP contribution in [0.15, 0.2) is 89.7 Å². The zero-order valence-electron chi connectivity index (χ0n) is 18.3. The van der Waals surface area contributed by atoms with Gasteiger partial charge in [-0.1, -0.05) is 35.5 Å². The second kappa shape index (κ2) is 9.11. The van der Waals surface area contributed by atoms with Gasteiger partial charge >= 0.3 is 0 Å². The lowest BCUT2D eigenvalue weighted by Gasteiger charge is -2.12. The summed E-state index contributed by atoms with van der Waals surface area (Å²) in [5, 5.41) is 6.78. The average Bonchev–Trinajstić information content (AvgIpc) is 3.47. The van der Waals surface area contributed by atoms with E-state index in [-0.39, 0.29) is 11.7 Å². The molecule has 5 aromatic rings. The summed E-state index contributed by atoms with van der Waals surface area (Å²) in [5.74, 6) is 0.818. The van der Waals surface area contributed by atoms with Crippen LogP contribution in [-0.4, -0.2) is 25.6 Å². The molecule has 0 spiro atoms. The summed E-state index contributed by atoms with van der Waals surface area (Å²) < 4.78 is 20.5. The van der Waals surface area contributed by atoms with E-state index in [0.717, 1.165) is 11.1 Å². The molecule has 0 saturated heterocycles. The highest BCUT2D eigenvalue weighted by molar-refractivity contribution is 6.05. The van der Waals surface area contributed by atoms with Gasteiger partial charge in [0.15, 0.2) is 5.82 Å². The van der Waals surface area contributed by atoms with Crippen molar-refractivity contribution in [3.05, 3.63) is 108 Å². The van der Waals surface area contributed by atoms with Crippen LogP contribution in [0.3, 0.4) is 0 Å². The molecule has 0 saturated carbocycles. The van der Waals surface area contributed by atoms with E-state index in [1.165, 1.54) is 12.1 Å². The van der Waals surface area contributed by atoms with E-state index in [4.69, 9.17) is 4.52 Å². The van der Waals surface area contributed by atoms with Crippen LogP contribution in [0.25, 0.3) is 22.7 Å². The van der Waals surface area contributed by atoms with Gasteiger partial charge in [0.25, 0.3) is 11.8 Å². The van der Waals surface area contributed by atoms with E-state index in [1.54, 1.807) is 49.6 Å². The molecule has 0 bridgehead atoms. The van der Waals surface area contributed by atoms with Crippen molar-refractivity contribution in [2.75, 3.05) is 5.32 Å². The predicted molar refractivity (Wildman–Crippen MR) is 126 cm³/mol. The van der Waals surface area contributed by atoms with Crippen molar-refractivity contribution in [3.63, 3.8) is 0 Å². The Hall–Kier alpha value is -4.59. The van der Waals surface area contributed by atoms with E-state index in [2.05, 4.69) is 20.4 Å². The van der Waals surface area contributed by atoms with Crippen LogP contribution in [0.2, 0.25) is 0 Å². The summed E-state index contributed by atoms with van der Waals surface area (Å²) in [5.41, 5.74) is 3.49. The van der Waals surface area contributed by atoms with Gasteiger partial charge in [-0.15, -0.1) is 0 Å². The number of aryl methyl sites for hydroxylation is 1. The first-order valence-corrected chi connectivity index (χ1v) is 10.6. The normalized spacial score (nSPS) is 10.9. The summed E-state index contributed by atoms with van der Waals surface area (Å²) in [6.07, 6.45) is 1.67. The van der Waals surface area contributed by atoms with Crippen molar-refractivity contribution in [3.8, 4) is 22.7 Å². The number of aromatic nitrogens is 4. The number of imidazole rings is 1. The molecule has 2 heterocycles. The van der Waals surface area contributed by atoms with Crippen LogP contribution in [0.4, 0.5) is 10.2 Å². The summed E-state index contributed by atoms with van der Waals surface area (Å²) in [6, 6.07) is 22.8. The second-order valence-electron chi connectivity index (χ2n) is 7.74. The molecule has 2 aromatic heterocycles. The van der Waals surface area contributed by atoms with Crippen molar-refractivity contribution in [2.24, 2.45) is 0 Å². The Morgan fingerprint density at radius 3 is 2.35 bits per heavy atom. The Labute approximate surface area is 194 Å². The Morgan fingerprint density at radius 1 is 0.971 bits per heavy atom. The van der Waals surface area contributed by atoms with E-state index >= 15 is 0 Å². The maximum Gasteiger partial charge on any atom is 0.257 e. The molecule has 5 rings (SSSR count). The number of carbonyl (C=O) groups is 1. The minimum absolute atomic E-state index is 0.300. The summed E-state index contributed by atoms with van der Waals surface area (Å²) in [6.45, 7) is 2.26. The average molecular weight is 453 g/mol. The van der Waals surface area contributed by atoms with E-state index in [0.29, 0.717) is 40.9 Å². The van der Waals surface area contributed by atoms with Crippen LogP contribution in [0.1, 0.15) is 21.7 Å². The first-order valence-electron chi connectivity index (χ1n) is 10.6.